The van der Waals surface area contributed by atoms with Gasteiger partial charge in [0.25, 0.3) is 0 Å². The largest absolute Gasteiger partial charge is 0.496 e. The Morgan fingerprint density at radius 1 is 1.18 bits per heavy atom. The van der Waals surface area contributed by atoms with Gasteiger partial charge in [0.15, 0.2) is 0 Å². The van der Waals surface area contributed by atoms with Gasteiger partial charge in [-0.1, -0.05) is 30.3 Å². The van der Waals surface area contributed by atoms with Crippen LogP contribution in [0.15, 0.2) is 48.5 Å². The Kier molecular flexibility index (Phi) is 5.38. The van der Waals surface area contributed by atoms with Gasteiger partial charge in [-0.3, -0.25) is 4.79 Å². The first kappa shape index (κ1) is 15.4. The van der Waals surface area contributed by atoms with Gasteiger partial charge < -0.3 is 15.4 Å². The van der Waals surface area contributed by atoms with Gasteiger partial charge in [-0.2, -0.15) is 5.26 Å². The van der Waals surface area contributed by atoms with E-state index in [-0.39, 0.29) is 12.5 Å². The lowest BCUT2D eigenvalue weighted by Gasteiger charge is -2.11. The van der Waals surface area contributed by atoms with Crippen LogP contribution in [0.5, 0.6) is 5.75 Å². The van der Waals surface area contributed by atoms with Crippen molar-refractivity contribution in [3.05, 3.63) is 59.7 Å². The van der Waals surface area contributed by atoms with Crippen LogP contribution in [-0.2, 0) is 11.3 Å². The fourth-order valence-electron chi connectivity index (χ4n) is 2.02. The van der Waals surface area contributed by atoms with Gasteiger partial charge in [0.05, 0.1) is 24.9 Å². The van der Waals surface area contributed by atoms with Crippen molar-refractivity contribution in [1.29, 1.82) is 5.26 Å². The lowest BCUT2D eigenvalue weighted by atomic mass is 10.2. The first-order valence-corrected chi connectivity index (χ1v) is 6.86. The van der Waals surface area contributed by atoms with E-state index in [0.29, 0.717) is 17.8 Å². The number of nitrogens with one attached hydrogen (secondary N) is 2. The summed E-state index contributed by atoms with van der Waals surface area (Å²) in [6, 6.07) is 16.7. The van der Waals surface area contributed by atoms with Crippen molar-refractivity contribution >= 4 is 11.6 Å². The van der Waals surface area contributed by atoms with Crippen molar-refractivity contribution in [3.8, 4) is 11.8 Å². The Morgan fingerprint density at radius 2 is 1.91 bits per heavy atom. The molecule has 0 aromatic heterocycles. The maximum atomic E-state index is 11.9. The molecule has 0 aliphatic rings. The number of nitrogens with zero attached hydrogens (tertiary/aromatic N) is 1. The Labute approximate surface area is 129 Å². The van der Waals surface area contributed by atoms with Crippen molar-refractivity contribution in [2.24, 2.45) is 0 Å². The highest BCUT2D eigenvalue weighted by Gasteiger charge is 2.06. The molecule has 0 radical (unpaired) electrons. The number of nitriles is 1. The van der Waals surface area contributed by atoms with Crippen molar-refractivity contribution in [3.63, 3.8) is 0 Å². The molecule has 0 aliphatic carbocycles. The molecule has 0 saturated heterocycles. The van der Waals surface area contributed by atoms with Crippen LogP contribution >= 0.6 is 0 Å². The molecule has 0 atom stereocenters. The van der Waals surface area contributed by atoms with Gasteiger partial charge in [0.1, 0.15) is 11.8 Å². The third-order valence-electron chi connectivity index (χ3n) is 3.16. The summed E-state index contributed by atoms with van der Waals surface area (Å²) >= 11 is 0. The molecule has 0 saturated carbocycles. The van der Waals surface area contributed by atoms with E-state index in [9.17, 15) is 4.79 Å². The minimum Gasteiger partial charge on any atom is -0.496 e. The van der Waals surface area contributed by atoms with Crippen LogP contribution in [0.25, 0.3) is 0 Å². The second-order valence-corrected chi connectivity index (χ2v) is 4.60. The quantitative estimate of drug-likeness (QED) is 0.857. The zero-order valence-electron chi connectivity index (χ0n) is 12.3. The zero-order valence-corrected chi connectivity index (χ0v) is 12.3. The lowest BCUT2D eigenvalue weighted by molar-refractivity contribution is -0.119. The molecule has 0 spiro atoms. The third kappa shape index (κ3) is 4.00. The van der Waals surface area contributed by atoms with Crippen molar-refractivity contribution < 1.29 is 9.53 Å². The summed E-state index contributed by atoms with van der Waals surface area (Å²) in [6.45, 7) is 0.498. The number of methoxy groups -OCH3 is 1. The molecule has 2 aromatic carbocycles. The molecule has 0 bridgehead atoms. The summed E-state index contributed by atoms with van der Waals surface area (Å²) in [7, 11) is 1.60. The van der Waals surface area contributed by atoms with E-state index in [4.69, 9.17) is 10.00 Å². The van der Waals surface area contributed by atoms with Crippen LogP contribution in [0.1, 0.15) is 11.1 Å². The molecule has 0 aliphatic heterocycles. The van der Waals surface area contributed by atoms with E-state index < -0.39 is 0 Å². The first-order valence-electron chi connectivity index (χ1n) is 6.86. The fourth-order valence-corrected chi connectivity index (χ4v) is 2.02. The molecule has 1 amide bonds. The number of carbonyl (C=O) groups excluding carboxylic acids is 1. The van der Waals surface area contributed by atoms with E-state index in [1.54, 1.807) is 25.3 Å². The van der Waals surface area contributed by atoms with E-state index in [2.05, 4.69) is 16.7 Å². The molecule has 22 heavy (non-hydrogen) atoms. The summed E-state index contributed by atoms with van der Waals surface area (Å²) in [6.07, 6.45) is 0. The Bertz CT molecular complexity index is 692. The van der Waals surface area contributed by atoms with Crippen LogP contribution in [0.3, 0.4) is 0 Å². The number of hydrogen-bond acceptors (Lipinski definition) is 4. The Balaban J connectivity index is 1.87. The van der Waals surface area contributed by atoms with Crippen LogP contribution < -0.4 is 15.4 Å². The number of anilines is 1. The second-order valence-electron chi connectivity index (χ2n) is 4.60. The zero-order chi connectivity index (χ0) is 15.8. The maximum absolute atomic E-state index is 11.9. The predicted molar refractivity (Wildman–Crippen MR) is 84.5 cm³/mol. The lowest BCUT2D eigenvalue weighted by Crippen LogP contribution is -2.29. The van der Waals surface area contributed by atoms with Gasteiger partial charge in [-0.15, -0.1) is 0 Å². The van der Waals surface area contributed by atoms with Crippen LogP contribution in [0, 0.1) is 11.3 Å². The highest BCUT2D eigenvalue weighted by Crippen LogP contribution is 2.16. The molecule has 0 heterocycles. The molecular formula is C17H17N3O2. The molecule has 0 fully saturated rings. The summed E-state index contributed by atoms with van der Waals surface area (Å²) in [4.78, 5) is 11.9. The number of amides is 1. The molecule has 0 unspecified atom stereocenters. The number of carbonyl (C=O) groups is 1. The summed E-state index contributed by atoms with van der Waals surface area (Å²) in [5.74, 6) is 0.587. The topological polar surface area (TPSA) is 74.2 Å². The SMILES string of the molecule is COc1ccccc1CNC(=O)CNc1ccccc1C#N. The van der Waals surface area contributed by atoms with E-state index in [1.165, 1.54) is 0 Å². The van der Waals surface area contributed by atoms with Crippen LogP contribution in [0.4, 0.5) is 5.69 Å². The average Bonchev–Trinajstić information content (AvgIpc) is 2.58. The molecule has 5 nitrogen and oxygen atoms in total. The van der Waals surface area contributed by atoms with Gasteiger partial charge in [0, 0.05) is 12.1 Å². The third-order valence-corrected chi connectivity index (χ3v) is 3.16. The van der Waals surface area contributed by atoms with Crippen LogP contribution in [0.2, 0.25) is 0 Å². The number of benzene rings is 2. The molecule has 2 aromatic rings. The Hall–Kier alpha value is -3.00. The standard InChI is InChI=1S/C17H17N3O2/c1-22-16-9-5-3-7-14(16)11-20-17(21)12-19-15-8-4-2-6-13(15)10-18/h2-9,19H,11-12H2,1H3,(H,20,21). The monoisotopic (exact) mass is 295 g/mol. The van der Waals surface area contributed by atoms with E-state index in [0.717, 1.165) is 11.3 Å². The van der Waals surface area contributed by atoms with Gasteiger partial charge in [-0.25, -0.2) is 0 Å². The molecular weight excluding hydrogens is 278 g/mol. The number of hydrogen-bond donors (Lipinski definition) is 2. The van der Waals surface area contributed by atoms with Crippen molar-refractivity contribution in [1.82, 2.24) is 5.32 Å². The summed E-state index contributed by atoms with van der Waals surface area (Å²) in [5.41, 5.74) is 2.08. The first-order chi connectivity index (χ1) is 10.7. The molecule has 2 N–H and O–H groups in total. The van der Waals surface area contributed by atoms with Crippen molar-refractivity contribution in [2.45, 2.75) is 6.54 Å². The molecule has 5 heteroatoms. The fraction of sp³-hybridized carbons (Fsp3) is 0.176. The minimum absolute atomic E-state index is 0.105. The minimum atomic E-state index is -0.154. The normalized spacial score (nSPS) is 9.64. The van der Waals surface area contributed by atoms with Gasteiger partial charge in [0.2, 0.25) is 5.91 Å². The van der Waals surface area contributed by atoms with E-state index >= 15 is 0 Å². The Morgan fingerprint density at radius 3 is 2.68 bits per heavy atom. The second kappa shape index (κ2) is 7.70. The summed E-state index contributed by atoms with van der Waals surface area (Å²) < 4.78 is 5.23. The molecule has 112 valence electrons. The molecule has 2 rings (SSSR count). The highest BCUT2D eigenvalue weighted by molar-refractivity contribution is 5.81. The highest BCUT2D eigenvalue weighted by atomic mass is 16.5. The van der Waals surface area contributed by atoms with Gasteiger partial charge in [-0.05, 0) is 18.2 Å². The number of ether oxygens (including phenoxy) is 1. The summed E-state index contributed by atoms with van der Waals surface area (Å²) in [5, 5.41) is 14.8. The number of para-hydroxylation sites is 2. The van der Waals surface area contributed by atoms with Crippen molar-refractivity contribution in [2.75, 3.05) is 19.0 Å². The number of rotatable bonds is 6. The predicted octanol–water partition coefficient (Wildman–Crippen LogP) is 2.30. The van der Waals surface area contributed by atoms with Crippen LogP contribution in [-0.4, -0.2) is 19.6 Å². The maximum Gasteiger partial charge on any atom is 0.239 e. The average molecular weight is 295 g/mol. The van der Waals surface area contributed by atoms with Gasteiger partial charge >= 0.3 is 0 Å². The van der Waals surface area contributed by atoms with E-state index in [1.807, 2.05) is 30.3 Å². The smallest absolute Gasteiger partial charge is 0.239 e.